The fourth-order valence-electron chi connectivity index (χ4n) is 2.25. The zero-order valence-corrected chi connectivity index (χ0v) is 13.8. The molecule has 2 aromatic rings. The van der Waals surface area contributed by atoms with Crippen molar-refractivity contribution in [3.05, 3.63) is 69.4 Å². The Labute approximate surface area is 130 Å². The van der Waals surface area contributed by atoms with Crippen LogP contribution in [0.3, 0.4) is 0 Å². The summed E-state index contributed by atoms with van der Waals surface area (Å²) in [6.07, 6.45) is 0.886. The van der Waals surface area contributed by atoms with Crippen LogP contribution in [0.25, 0.3) is 0 Å². The molecule has 0 radical (unpaired) electrons. The molecule has 1 atom stereocenters. The normalized spacial score (nSPS) is 12.4. The molecule has 0 amide bonds. The highest BCUT2D eigenvalue weighted by Crippen LogP contribution is 2.29. The SMILES string of the molecule is Cc1ccccc1C(CBr)Cc1ccc(F)cc1Br. The predicted molar refractivity (Wildman–Crippen MR) is 85.5 cm³/mol. The topological polar surface area (TPSA) is 0 Å². The Bertz CT molecular complexity index is 566. The lowest BCUT2D eigenvalue weighted by Gasteiger charge is -2.18. The maximum Gasteiger partial charge on any atom is 0.124 e. The third kappa shape index (κ3) is 3.67. The van der Waals surface area contributed by atoms with Gasteiger partial charge in [-0.2, -0.15) is 0 Å². The lowest BCUT2D eigenvalue weighted by molar-refractivity contribution is 0.625. The van der Waals surface area contributed by atoms with Crippen molar-refractivity contribution >= 4 is 31.9 Å². The van der Waals surface area contributed by atoms with E-state index in [9.17, 15) is 4.39 Å². The average Bonchev–Trinajstić information content (AvgIpc) is 2.39. The number of hydrogen-bond acceptors (Lipinski definition) is 0. The van der Waals surface area contributed by atoms with Crippen molar-refractivity contribution in [1.82, 2.24) is 0 Å². The van der Waals surface area contributed by atoms with Crippen molar-refractivity contribution in [3.8, 4) is 0 Å². The van der Waals surface area contributed by atoms with Crippen LogP contribution < -0.4 is 0 Å². The minimum absolute atomic E-state index is 0.207. The van der Waals surface area contributed by atoms with Crippen LogP contribution in [0.4, 0.5) is 4.39 Å². The van der Waals surface area contributed by atoms with Gasteiger partial charge in [0.25, 0.3) is 0 Å². The summed E-state index contributed by atoms with van der Waals surface area (Å²) in [5.74, 6) is 0.185. The van der Waals surface area contributed by atoms with Crippen molar-refractivity contribution in [2.24, 2.45) is 0 Å². The third-order valence-corrected chi connectivity index (χ3v) is 4.82. The van der Waals surface area contributed by atoms with E-state index in [2.05, 4.69) is 63.0 Å². The third-order valence-electron chi connectivity index (χ3n) is 3.30. The Morgan fingerprint density at radius 2 is 1.89 bits per heavy atom. The summed E-state index contributed by atoms with van der Waals surface area (Å²) >= 11 is 7.03. The van der Waals surface area contributed by atoms with E-state index in [1.54, 1.807) is 0 Å². The van der Waals surface area contributed by atoms with Gasteiger partial charge < -0.3 is 0 Å². The van der Waals surface area contributed by atoms with Gasteiger partial charge in [0.2, 0.25) is 0 Å². The number of halogens is 3. The second-order valence-corrected chi connectivity index (χ2v) is 6.15. The molecule has 3 heteroatoms. The molecular formula is C16H15Br2F. The largest absolute Gasteiger partial charge is 0.207 e. The molecule has 0 aliphatic carbocycles. The van der Waals surface area contributed by atoms with Crippen LogP contribution in [0.2, 0.25) is 0 Å². The molecule has 0 saturated carbocycles. The number of rotatable bonds is 4. The van der Waals surface area contributed by atoms with Crippen LogP contribution in [0, 0.1) is 12.7 Å². The molecule has 0 saturated heterocycles. The standard InChI is InChI=1S/C16H15Br2F/c1-11-4-2-3-5-15(11)13(10-17)8-12-6-7-14(19)9-16(12)18/h2-7,9,13H,8,10H2,1H3. The molecule has 1 unspecified atom stereocenters. The Kier molecular flexibility index (Phi) is 5.17. The van der Waals surface area contributed by atoms with Crippen molar-refractivity contribution < 1.29 is 4.39 Å². The van der Waals surface area contributed by atoms with Gasteiger partial charge in [-0.05, 0) is 48.1 Å². The lowest BCUT2D eigenvalue weighted by Crippen LogP contribution is -2.07. The first-order valence-corrected chi connectivity index (χ1v) is 8.08. The highest BCUT2D eigenvalue weighted by molar-refractivity contribution is 9.10. The average molecular weight is 386 g/mol. The minimum Gasteiger partial charge on any atom is -0.207 e. The van der Waals surface area contributed by atoms with E-state index in [1.165, 1.54) is 23.3 Å². The molecule has 0 aliphatic rings. The highest BCUT2D eigenvalue weighted by Gasteiger charge is 2.14. The molecule has 0 aliphatic heterocycles. The summed E-state index contributed by atoms with van der Waals surface area (Å²) in [5, 5.41) is 0.891. The number of aryl methyl sites for hydroxylation is 1. The number of benzene rings is 2. The lowest BCUT2D eigenvalue weighted by atomic mass is 9.91. The predicted octanol–water partition coefficient (Wildman–Crippen LogP) is 5.62. The zero-order chi connectivity index (χ0) is 13.8. The van der Waals surface area contributed by atoms with Gasteiger partial charge in [-0.25, -0.2) is 4.39 Å². The van der Waals surface area contributed by atoms with E-state index in [1.807, 2.05) is 6.07 Å². The summed E-state index contributed by atoms with van der Waals surface area (Å²) in [6.45, 7) is 2.13. The smallest absolute Gasteiger partial charge is 0.124 e. The Morgan fingerprint density at radius 3 is 2.53 bits per heavy atom. The molecule has 0 spiro atoms. The van der Waals surface area contributed by atoms with E-state index in [-0.39, 0.29) is 5.82 Å². The molecule has 0 bridgehead atoms. The van der Waals surface area contributed by atoms with E-state index < -0.39 is 0 Å². The maximum absolute atomic E-state index is 13.1. The van der Waals surface area contributed by atoms with Crippen LogP contribution in [-0.4, -0.2) is 5.33 Å². The van der Waals surface area contributed by atoms with Gasteiger partial charge in [0, 0.05) is 9.80 Å². The van der Waals surface area contributed by atoms with Crippen LogP contribution in [-0.2, 0) is 6.42 Å². The van der Waals surface area contributed by atoms with E-state index in [0.29, 0.717) is 5.92 Å². The first kappa shape index (κ1) is 14.7. The van der Waals surface area contributed by atoms with Gasteiger partial charge in [-0.3, -0.25) is 0 Å². The van der Waals surface area contributed by atoms with Gasteiger partial charge in [0.15, 0.2) is 0 Å². The fraction of sp³-hybridized carbons (Fsp3) is 0.250. The first-order chi connectivity index (χ1) is 9.11. The molecular weight excluding hydrogens is 371 g/mol. The minimum atomic E-state index is -0.207. The summed E-state index contributed by atoms with van der Waals surface area (Å²) < 4.78 is 14.0. The number of hydrogen-bond donors (Lipinski definition) is 0. The summed E-state index contributed by atoms with van der Waals surface area (Å²) in [4.78, 5) is 0. The molecule has 2 aromatic carbocycles. The molecule has 19 heavy (non-hydrogen) atoms. The van der Waals surface area contributed by atoms with Gasteiger partial charge in [-0.1, -0.05) is 62.2 Å². The van der Waals surface area contributed by atoms with Crippen LogP contribution in [0.1, 0.15) is 22.6 Å². The zero-order valence-electron chi connectivity index (χ0n) is 10.7. The van der Waals surface area contributed by atoms with Crippen LogP contribution in [0.5, 0.6) is 0 Å². The first-order valence-electron chi connectivity index (χ1n) is 6.17. The summed E-state index contributed by atoms with van der Waals surface area (Å²) in [7, 11) is 0. The quantitative estimate of drug-likeness (QED) is 0.599. The maximum atomic E-state index is 13.1. The van der Waals surface area contributed by atoms with Crippen LogP contribution >= 0.6 is 31.9 Å². The highest BCUT2D eigenvalue weighted by atomic mass is 79.9. The van der Waals surface area contributed by atoms with Gasteiger partial charge in [-0.15, -0.1) is 0 Å². The molecule has 0 aromatic heterocycles. The van der Waals surface area contributed by atoms with Crippen molar-refractivity contribution in [2.45, 2.75) is 19.3 Å². The second kappa shape index (κ2) is 6.67. The van der Waals surface area contributed by atoms with Crippen molar-refractivity contribution in [2.75, 3.05) is 5.33 Å². The van der Waals surface area contributed by atoms with Gasteiger partial charge >= 0.3 is 0 Å². The fourth-order valence-corrected chi connectivity index (χ4v) is 3.34. The molecule has 2 rings (SSSR count). The molecule has 0 fully saturated rings. The summed E-state index contributed by atoms with van der Waals surface area (Å²) in [5.41, 5.74) is 3.77. The molecule has 100 valence electrons. The Hall–Kier alpha value is -0.670. The summed E-state index contributed by atoms with van der Waals surface area (Å²) in [6, 6.07) is 13.3. The number of alkyl halides is 1. The van der Waals surface area contributed by atoms with E-state index in [4.69, 9.17) is 0 Å². The van der Waals surface area contributed by atoms with Crippen molar-refractivity contribution in [3.63, 3.8) is 0 Å². The van der Waals surface area contributed by atoms with Crippen LogP contribution in [0.15, 0.2) is 46.9 Å². The monoisotopic (exact) mass is 384 g/mol. The molecule has 0 nitrogen and oxygen atoms in total. The molecule has 0 N–H and O–H groups in total. The Morgan fingerprint density at radius 1 is 1.16 bits per heavy atom. The Balaban J connectivity index is 2.27. The van der Waals surface area contributed by atoms with E-state index >= 15 is 0 Å². The van der Waals surface area contributed by atoms with Crippen molar-refractivity contribution in [1.29, 1.82) is 0 Å². The van der Waals surface area contributed by atoms with E-state index in [0.717, 1.165) is 21.8 Å². The second-order valence-electron chi connectivity index (χ2n) is 4.65. The molecule has 0 heterocycles. The van der Waals surface area contributed by atoms with Gasteiger partial charge in [0.05, 0.1) is 0 Å². The van der Waals surface area contributed by atoms with Gasteiger partial charge in [0.1, 0.15) is 5.82 Å².